The van der Waals surface area contributed by atoms with Gasteiger partial charge in [-0.2, -0.15) is 0 Å². The Hall–Kier alpha value is 0.0700. The molecule has 1 N–H and O–H groups in total. The van der Waals surface area contributed by atoms with Crippen molar-refractivity contribution in [2.24, 2.45) is 0 Å². The summed E-state index contributed by atoms with van der Waals surface area (Å²) in [6.45, 7) is 0.561. The van der Waals surface area contributed by atoms with Gasteiger partial charge in [0, 0.05) is 19.8 Å². The number of benzene rings is 1. The smallest absolute Gasteiger partial charge is 0.0516 e. The number of anilines is 1. The maximum atomic E-state index is 5.71. The number of halogens is 3. The molecule has 0 saturated heterocycles. The first-order chi connectivity index (χ1) is 6.22. The Balaban J connectivity index is 2.51. The third-order valence-corrected chi connectivity index (χ3v) is 2.76. The maximum Gasteiger partial charge on any atom is 0.0516 e. The number of hydrogen-bond acceptors (Lipinski definition) is 1. The quantitative estimate of drug-likeness (QED) is 0.827. The summed E-state index contributed by atoms with van der Waals surface area (Å²) in [5.41, 5.74) is 2.40. The van der Waals surface area contributed by atoms with Crippen molar-refractivity contribution < 1.29 is 0 Å². The second kappa shape index (κ2) is 5.73. The Morgan fingerprint density at radius 3 is 2.54 bits per heavy atom. The van der Waals surface area contributed by atoms with Gasteiger partial charge in [-0.05, 0) is 46.9 Å². The van der Waals surface area contributed by atoms with Crippen molar-refractivity contribution in [3.05, 3.63) is 38.4 Å². The summed E-state index contributed by atoms with van der Waals surface area (Å²) in [5, 5.41) is 3.73. The van der Waals surface area contributed by atoms with Gasteiger partial charge < -0.3 is 5.32 Å². The fourth-order valence-corrected chi connectivity index (χ4v) is 1.30. The van der Waals surface area contributed by atoms with Gasteiger partial charge in [0.25, 0.3) is 0 Å². The van der Waals surface area contributed by atoms with Crippen LogP contribution in [0, 0.1) is 3.57 Å². The van der Waals surface area contributed by atoms with E-state index in [9.17, 15) is 0 Å². The molecule has 1 nitrogen and oxygen atoms in total. The summed E-state index contributed by atoms with van der Waals surface area (Å²) in [6, 6.07) is 8.06. The normalized spacial score (nSPS) is 11.5. The zero-order valence-electron chi connectivity index (χ0n) is 6.73. The molecule has 1 aromatic rings. The van der Waals surface area contributed by atoms with Crippen LogP contribution in [-0.4, -0.2) is 6.54 Å². The molecule has 0 spiro atoms. The van der Waals surface area contributed by atoms with Crippen molar-refractivity contribution in [1.29, 1.82) is 0 Å². The molecule has 0 bridgehead atoms. The van der Waals surface area contributed by atoms with E-state index in [0.29, 0.717) is 11.6 Å². The van der Waals surface area contributed by atoms with Crippen molar-refractivity contribution >= 4 is 51.5 Å². The molecular weight excluding hydrogens is 320 g/mol. The van der Waals surface area contributed by atoms with Crippen LogP contribution in [0.3, 0.4) is 0 Å². The first-order valence-corrected chi connectivity index (χ1v) is 5.56. The molecule has 0 aromatic heterocycles. The highest BCUT2D eigenvalue weighted by molar-refractivity contribution is 14.1. The Bertz CT molecular complexity index is 295. The van der Waals surface area contributed by atoms with Crippen molar-refractivity contribution in [3.63, 3.8) is 0 Å². The molecular formula is C9H8Cl2IN. The molecule has 4 heteroatoms. The molecule has 0 amide bonds. The van der Waals surface area contributed by atoms with E-state index in [-0.39, 0.29) is 0 Å². The molecule has 0 heterocycles. The molecule has 13 heavy (non-hydrogen) atoms. The minimum atomic E-state index is 0.561. The van der Waals surface area contributed by atoms with E-state index in [1.54, 1.807) is 0 Å². The van der Waals surface area contributed by atoms with Crippen LogP contribution < -0.4 is 5.32 Å². The lowest BCUT2D eigenvalue weighted by molar-refractivity contribution is 1.31. The molecule has 0 atom stereocenters. The fourth-order valence-electron chi connectivity index (χ4n) is 0.793. The molecule has 0 aliphatic heterocycles. The van der Waals surface area contributed by atoms with Gasteiger partial charge in [0.05, 0.1) is 6.54 Å². The van der Waals surface area contributed by atoms with Crippen molar-refractivity contribution in [3.8, 4) is 0 Å². The van der Waals surface area contributed by atoms with Gasteiger partial charge in [0.15, 0.2) is 0 Å². The van der Waals surface area contributed by atoms with Gasteiger partial charge in [-0.3, -0.25) is 0 Å². The van der Waals surface area contributed by atoms with Crippen LogP contribution >= 0.6 is 45.8 Å². The Labute approximate surface area is 101 Å². The molecule has 70 valence electrons. The topological polar surface area (TPSA) is 12.0 Å². The van der Waals surface area contributed by atoms with Gasteiger partial charge in [0.2, 0.25) is 0 Å². The number of nitrogens with one attached hydrogen (secondary N) is 1. The molecule has 0 saturated carbocycles. The van der Waals surface area contributed by atoms with E-state index < -0.39 is 0 Å². The highest BCUT2D eigenvalue weighted by atomic mass is 127. The van der Waals surface area contributed by atoms with E-state index >= 15 is 0 Å². The van der Waals surface area contributed by atoms with Crippen LogP contribution in [0.1, 0.15) is 0 Å². The van der Waals surface area contributed by atoms with Gasteiger partial charge in [-0.15, -0.1) is 0 Å². The molecule has 0 aliphatic rings. The van der Waals surface area contributed by atoms with E-state index in [0.717, 1.165) is 5.69 Å². The summed E-state index contributed by atoms with van der Waals surface area (Å²) in [5.74, 6) is 0. The fraction of sp³-hybridized carbons (Fsp3) is 0.111. The van der Waals surface area contributed by atoms with E-state index in [4.69, 9.17) is 23.2 Å². The van der Waals surface area contributed by atoms with Crippen LogP contribution in [0.5, 0.6) is 0 Å². The molecule has 1 rings (SSSR count). The van der Waals surface area contributed by atoms with E-state index in [2.05, 4.69) is 27.9 Å². The summed E-state index contributed by atoms with van der Waals surface area (Å²) in [6.07, 6.45) is 0. The summed E-state index contributed by atoms with van der Waals surface area (Å²) >= 11 is 13.4. The van der Waals surface area contributed by atoms with Crippen LogP contribution in [0.4, 0.5) is 5.69 Å². The van der Waals surface area contributed by atoms with E-state index in [1.807, 2.05) is 24.3 Å². The SMILES string of the molecule is ClC=C(Cl)CNc1ccc(I)cc1. The summed E-state index contributed by atoms with van der Waals surface area (Å²) in [7, 11) is 0. The van der Waals surface area contributed by atoms with Gasteiger partial charge >= 0.3 is 0 Å². The average Bonchev–Trinajstić information content (AvgIpc) is 2.16. The molecule has 0 radical (unpaired) electrons. The van der Waals surface area contributed by atoms with Gasteiger partial charge in [-0.1, -0.05) is 23.2 Å². The summed E-state index contributed by atoms with van der Waals surface area (Å²) < 4.78 is 1.21. The maximum absolute atomic E-state index is 5.71. The Morgan fingerprint density at radius 2 is 2.00 bits per heavy atom. The van der Waals surface area contributed by atoms with Gasteiger partial charge in [-0.25, -0.2) is 0 Å². The first kappa shape index (κ1) is 11.1. The summed E-state index contributed by atoms with van der Waals surface area (Å²) in [4.78, 5) is 0. The van der Waals surface area contributed by atoms with Crippen molar-refractivity contribution in [1.82, 2.24) is 0 Å². The molecule has 0 aliphatic carbocycles. The van der Waals surface area contributed by atoms with Gasteiger partial charge in [0.1, 0.15) is 0 Å². The number of hydrogen-bond donors (Lipinski definition) is 1. The molecule has 0 unspecified atom stereocenters. The number of rotatable bonds is 3. The lowest BCUT2D eigenvalue weighted by Gasteiger charge is -2.04. The first-order valence-electron chi connectivity index (χ1n) is 3.66. The Morgan fingerprint density at radius 1 is 1.38 bits per heavy atom. The standard InChI is InChI=1S/C9H8Cl2IN/c10-5-7(11)6-13-9-3-1-8(12)2-4-9/h1-5,13H,6H2. The monoisotopic (exact) mass is 327 g/mol. The molecule has 0 fully saturated rings. The highest BCUT2D eigenvalue weighted by Crippen LogP contribution is 2.12. The second-order valence-electron chi connectivity index (χ2n) is 2.42. The van der Waals surface area contributed by atoms with Crippen LogP contribution in [0.25, 0.3) is 0 Å². The third kappa shape index (κ3) is 4.20. The van der Waals surface area contributed by atoms with E-state index in [1.165, 1.54) is 9.11 Å². The minimum absolute atomic E-state index is 0.561. The lowest BCUT2D eigenvalue weighted by atomic mass is 10.3. The average molecular weight is 328 g/mol. The second-order valence-corrected chi connectivity index (χ2v) is 4.37. The van der Waals surface area contributed by atoms with Crippen molar-refractivity contribution in [2.45, 2.75) is 0 Å². The minimum Gasteiger partial charge on any atom is -0.380 e. The largest absolute Gasteiger partial charge is 0.380 e. The van der Waals surface area contributed by atoms with Crippen LogP contribution in [0.2, 0.25) is 0 Å². The zero-order valence-corrected chi connectivity index (χ0v) is 10.4. The Kier molecular flexibility index (Phi) is 4.91. The highest BCUT2D eigenvalue weighted by Gasteiger charge is 1.93. The third-order valence-electron chi connectivity index (χ3n) is 1.42. The zero-order chi connectivity index (χ0) is 9.68. The van der Waals surface area contributed by atoms with Crippen LogP contribution in [-0.2, 0) is 0 Å². The van der Waals surface area contributed by atoms with Crippen LogP contribution in [0.15, 0.2) is 34.8 Å². The predicted molar refractivity (Wildman–Crippen MR) is 67.4 cm³/mol. The lowest BCUT2D eigenvalue weighted by Crippen LogP contribution is -2.00. The molecule has 1 aromatic carbocycles. The predicted octanol–water partition coefficient (Wildman–Crippen LogP) is 4.02. The van der Waals surface area contributed by atoms with Crippen molar-refractivity contribution in [2.75, 3.05) is 11.9 Å².